The molecule has 1 aliphatic heterocycles. The molecule has 1 unspecified atom stereocenters. The predicted octanol–water partition coefficient (Wildman–Crippen LogP) is 4.14. The third kappa shape index (κ3) is 2.86. The number of nitrogens with one attached hydrogen (secondary N) is 1. The summed E-state index contributed by atoms with van der Waals surface area (Å²) in [5.41, 5.74) is 3.84. The van der Waals surface area contributed by atoms with Crippen LogP contribution in [0.4, 0.5) is 5.69 Å². The van der Waals surface area contributed by atoms with Crippen LogP contribution in [0.25, 0.3) is 0 Å². The number of ether oxygens (including phenoxy) is 2. The molecule has 1 N–H and O–H groups in total. The molecule has 1 atom stereocenters. The molecule has 4 nitrogen and oxygen atoms in total. The summed E-state index contributed by atoms with van der Waals surface area (Å²) in [6.45, 7) is 2.00. The van der Waals surface area contributed by atoms with Gasteiger partial charge in [-0.25, -0.2) is 0 Å². The van der Waals surface area contributed by atoms with Crippen LogP contribution in [0.5, 0.6) is 11.5 Å². The Labute approximate surface area is 140 Å². The van der Waals surface area contributed by atoms with E-state index in [1.54, 1.807) is 14.2 Å². The molecule has 2 aromatic carbocycles. The fraction of sp³-hybridized carbons (Fsp3) is 0.278. The minimum atomic E-state index is -0.0723. The van der Waals surface area contributed by atoms with Crippen LogP contribution < -0.4 is 14.8 Å². The van der Waals surface area contributed by atoms with Crippen molar-refractivity contribution in [2.24, 2.45) is 0 Å². The van der Waals surface area contributed by atoms with Crippen LogP contribution in [0.1, 0.15) is 29.0 Å². The molecule has 0 spiro atoms. The summed E-state index contributed by atoms with van der Waals surface area (Å²) in [7, 11) is 3.21. The SMILES string of the molecule is COc1cc2c(c(OC)c1)C(c1ccc(Cl)cc1C)CC(=O)N2. The molecule has 3 rings (SSSR count). The van der Waals surface area contributed by atoms with Gasteiger partial charge in [0.2, 0.25) is 5.91 Å². The highest BCUT2D eigenvalue weighted by atomic mass is 35.5. The van der Waals surface area contributed by atoms with E-state index in [0.29, 0.717) is 22.9 Å². The number of methoxy groups -OCH3 is 2. The van der Waals surface area contributed by atoms with Crippen molar-refractivity contribution in [2.45, 2.75) is 19.3 Å². The number of amides is 1. The molecule has 1 aliphatic rings. The second kappa shape index (κ2) is 6.13. The summed E-state index contributed by atoms with van der Waals surface area (Å²) in [5, 5.41) is 3.60. The summed E-state index contributed by atoms with van der Waals surface area (Å²) < 4.78 is 10.8. The largest absolute Gasteiger partial charge is 0.497 e. The minimum absolute atomic E-state index is 0.0212. The maximum absolute atomic E-state index is 12.2. The standard InChI is InChI=1S/C18H18ClNO3/c1-10-6-11(19)4-5-13(10)14-9-17(21)20-15-7-12(22-2)8-16(23-3)18(14)15/h4-8,14H,9H2,1-3H3,(H,20,21). The van der Waals surface area contributed by atoms with Crippen LogP contribution >= 0.6 is 11.6 Å². The maximum atomic E-state index is 12.2. The van der Waals surface area contributed by atoms with Gasteiger partial charge in [-0.1, -0.05) is 17.7 Å². The summed E-state index contributed by atoms with van der Waals surface area (Å²) in [5.74, 6) is 1.26. The molecule has 5 heteroatoms. The molecular formula is C18H18ClNO3. The molecule has 1 amide bonds. The highest BCUT2D eigenvalue weighted by Crippen LogP contribution is 2.45. The van der Waals surface area contributed by atoms with Gasteiger partial charge in [-0.2, -0.15) is 0 Å². The molecule has 0 bridgehead atoms. The lowest BCUT2D eigenvalue weighted by Crippen LogP contribution is -2.24. The lowest BCUT2D eigenvalue weighted by Gasteiger charge is -2.29. The summed E-state index contributed by atoms with van der Waals surface area (Å²) in [6, 6.07) is 9.42. The van der Waals surface area contributed by atoms with Gasteiger partial charge in [0.15, 0.2) is 0 Å². The van der Waals surface area contributed by atoms with E-state index in [1.165, 1.54) is 0 Å². The van der Waals surface area contributed by atoms with Crippen molar-refractivity contribution in [3.05, 3.63) is 52.0 Å². The Morgan fingerprint density at radius 3 is 2.61 bits per heavy atom. The molecule has 2 aromatic rings. The number of hydrogen-bond donors (Lipinski definition) is 1. The minimum Gasteiger partial charge on any atom is -0.497 e. The Hall–Kier alpha value is -2.20. The van der Waals surface area contributed by atoms with Gasteiger partial charge in [0.1, 0.15) is 11.5 Å². The van der Waals surface area contributed by atoms with Crippen LogP contribution in [0.2, 0.25) is 5.02 Å². The third-order valence-electron chi connectivity index (χ3n) is 4.19. The van der Waals surface area contributed by atoms with Crippen molar-refractivity contribution in [2.75, 3.05) is 19.5 Å². The average Bonchev–Trinajstić information content (AvgIpc) is 2.52. The molecule has 0 aromatic heterocycles. The fourth-order valence-electron chi connectivity index (χ4n) is 3.14. The highest BCUT2D eigenvalue weighted by Gasteiger charge is 2.31. The second-order valence-electron chi connectivity index (χ2n) is 5.60. The van der Waals surface area contributed by atoms with E-state index in [1.807, 2.05) is 37.3 Å². The summed E-state index contributed by atoms with van der Waals surface area (Å²) >= 11 is 6.06. The topological polar surface area (TPSA) is 47.6 Å². The first kappa shape index (κ1) is 15.7. The number of carbonyl (C=O) groups is 1. The molecular weight excluding hydrogens is 314 g/mol. The Balaban J connectivity index is 2.20. The van der Waals surface area contributed by atoms with E-state index in [4.69, 9.17) is 21.1 Å². The average molecular weight is 332 g/mol. The van der Waals surface area contributed by atoms with E-state index in [0.717, 1.165) is 22.4 Å². The Morgan fingerprint density at radius 2 is 1.96 bits per heavy atom. The number of halogens is 1. The number of hydrogen-bond acceptors (Lipinski definition) is 3. The zero-order valence-electron chi connectivity index (χ0n) is 13.3. The third-order valence-corrected chi connectivity index (χ3v) is 4.43. The maximum Gasteiger partial charge on any atom is 0.225 e. The number of carbonyl (C=O) groups excluding carboxylic acids is 1. The molecule has 1 heterocycles. The van der Waals surface area contributed by atoms with E-state index < -0.39 is 0 Å². The van der Waals surface area contributed by atoms with Gasteiger partial charge < -0.3 is 14.8 Å². The van der Waals surface area contributed by atoms with Gasteiger partial charge in [-0.15, -0.1) is 0 Å². The Kier molecular flexibility index (Phi) is 4.18. The van der Waals surface area contributed by atoms with Crippen molar-refractivity contribution in [3.8, 4) is 11.5 Å². The van der Waals surface area contributed by atoms with Gasteiger partial charge in [0.05, 0.1) is 19.9 Å². The summed E-state index contributed by atoms with van der Waals surface area (Å²) in [6.07, 6.45) is 0.373. The van der Waals surface area contributed by atoms with Gasteiger partial charge >= 0.3 is 0 Å². The number of fused-ring (bicyclic) bond motifs is 1. The van der Waals surface area contributed by atoms with Gasteiger partial charge in [-0.3, -0.25) is 4.79 Å². The van der Waals surface area contributed by atoms with Crippen LogP contribution in [0.3, 0.4) is 0 Å². The molecule has 120 valence electrons. The molecule has 0 fully saturated rings. The quantitative estimate of drug-likeness (QED) is 0.919. The number of rotatable bonds is 3. The summed E-state index contributed by atoms with van der Waals surface area (Å²) in [4.78, 5) is 12.2. The van der Waals surface area contributed by atoms with E-state index in [9.17, 15) is 4.79 Å². The monoisotopic (exact) mass is 331 g/mol. The molecule has 23 heavy (non-hydrogen) atoms. The van der Waals surface area contributed by atoms with Crippen molar-refractivity contribution in [1.29, 1.82) is 0 Å². The number of anilines is 1. The Morgan fingerprint density at radius 1 is 1.17 bits per heavy atom. The lowest BCUT2D eigenvalue weighted by molar-refractivity contribution is -0.116. The second-order valence-corrected chi connectivity index (χ2v) is 6.03. The van der Waals surface area contributed by atoms with Crippen molar-refractivity contribution < 1.29 is 14.3 Å². The Bertz CT molecular complexity index is 773. The van der Waals surface area contributed by atoms with Crippen molar-refractivity contribution in [1.82, 2.24) is 0 Å². The highest BCUT2D eigenvalue weighted by molar-refractivity contribution is 6.30. The van der Waals surface area contributed by atoms with Crippen LogP contribution in [-0.4, -0.2) is 20.1 Å². The molecule has 0 saturated carbocycles. The van der Waals surface area contributed by atoms with Crippen molar-refractivity contribution in [3.63, 3.8) is 0 Å². The van der Waals surface area contributed by atoms with Gasteiger partial charge in [-0.05, 0) is 30.2 Å². The molecule has 0 radical (unpaired) electrons. The van der Waals surface area contributed by atoms with E-state index in [2.05, 4.69) is 5.32 Å². The first-order chi connectivity index (χ1) is 11.0. The fourth-order valence-corrected chi connectivity index (χ4v) is 3.36. The van der Waals surface area contributed by atoms with Crippen LogP contribution in [-0.2, 0) is 4.79 Å². The van der Waals surface area contributed by atoms with Crippen molar-refractivity contribution >= 4 is 23.2 Å². The molecule has 0 saturated heterocycles. The smallest absolute Gasteiger partial charge is 0.225 e. The van der Waals surface area contributed by atoms with Gasteiger partial charge in [0.25, 0.3) is 0 Å². The molecule has 0 aliphatic carbocycles. The van der Waals surface area contributed by atoms with Gasteiger partial charge in [0, 0.05) is 35.1 Å². The predicted molar refractivity (Wildman–Crippen MR) is 90.8 cm³/mol. The first-order valence-corrected chi connectivity index (χ1v) is 7.73. The van der Waals surface area contributed by atoms with Crippen LogP contribution in [0.15, 0.2) is 30.3 Å². The zero-order chi connectivity index (χ0) is 16.6. The zero-order valence-corrected chi connectivity index (χ0v) is 14.0. The number of aryl methyl sites for hydroxylation is 1. The van der Waals surface area contributed by atoms with E-state index >= 15 is 0 Å². The normalized spacial score (nSPS) is 16.5. The van der Waals surface area contributed by atoms with Crippen LogP contribution in [0, 0.1) is 6.92 Å². The lowest BCUT2D eigenvalue weighted by atomic mass is 9.82. The van der Waals surface area contributed by atoms with E-state index in [-0.39, 0.29) is 11.8 Å². The first-order valence-electron chi connectivity index (χ1n) is 7.35. The number of benzene rings is 2.